The Balaban J connectivity index is 2.00. The van der Waals surface area contributed by atoms with Crippen LogP contribution >= 0.6 is 11.8 Å². The van der Waals surface area contributed by atoms with E-state index in [0.29, 0.717) is 0 Å². The van der Waals surface area contributed by atoms with Gasteiger partial charge in [0.15, 0.2) is 5.17 Å². The fourth-order valence-corrected chi connectivity index (χ4v) is 2.17. The Hall–Kier alpha value is -1.16. The second-order valence-electron chi connectivity index (χ2n) is 3.24. The van der Waals surface area contributed by atoms with Gasteiger partial charge in [0.05, 0.1) is 7.11 Å². The second-order valence-corrected chi connectivity index (χ2v) is 4.33. The normalized spacial score (nSPS) is 15.7. The van der Waals surface area contributed by atoms with E-state index in [-0.39, 0.29) is 0 Å². The standard InChI is InChI=1S/C11H14N2OS/c1-14-10-5-3-9(4-6-10)13-11-12-7-2-8-15-11/h3-6H,2,7-8H2,1H3,(H,12,13). The zero-order chi connectivity index (χ0) is 10.5. The van der Waals surface area contributed by atoms with Gasteiger partial charge in [0, 0.05) is 18.0 Å². The summed E-state index contributed by atoms with van der Waals surface area (Å²) in [6, 6.07) is 7.87. The number of amidine groups is 1. The van der Waals surface area contributed by atoms with E-state index in [1.807, 2.05) is 24.3 Å². The van der Waals surface area contributed by atoms with E-state index in [9.17, 15) is 0 Å². The van der Waals surface area contributed by atoms with Crippen LogP contribution in [0.3, 0.4) is 0 Å². The highest BCUT2D eigenvalue weighted by atomic mass is 32.2. The summed E-state index contributed by atoms with van der Waals surface area (Å²) in [5.74, 6) is 2.03. The van der Waals surface area contributed by atoms with Gasteiger partial charge < -0.3 is 10.1 Å². The van der Waals surface area contributed by atoms with Crippen molar-refractivity contribution in [1.29, 1.82) is 0 Å². The molecule has 1 aliphatic rings. The zero-order valence-electron chi connectivity index (χ0n) is 8.69. The lowest BCUT2D eigenvalue weighted by Crippen LogP contribution is -2.13. The minimum absolute atomic E-state index is 0.874. The Bertz CT molecular complexity index is 348. The van der Waals surface area contributed by atoms with E-state index in [0.717, 1.165) is 28.9 Å². The van der Waals surface area contributed by atoms with Crippen LogP contribution in [0.25, 0.3) is 0 Å². The van der Waals surface area contributed by atoms with Gasteiger partial charge in [-0.05, 0) is 30.7 Å². The lowest BCUT2D eigenvalue weighted by molar-refractivity contribution is 0.415. The van der Waals surface area contributed by atoms with Crippen LogP contribution in [0.4, 0.5) is 5.69 Å². The van der Waals surface area contributed by atoms with Gasteiger partial charge in [0.2, 0.25) is 0 Å². The molecule has 0 saturated carbocycles. The van der Waals surface area contributed by atoms with Crippen LogP contribution in [-0.2, 0) is 0 Å². The quantitative estimate of drug-likeness (QED) is 0.835. The first-order valence-corrected chi connectivity index (χ1v) is 5.95. The largest absolute Gasteiger partial charge is 0.497 e. The molecule has 0 amide bonds. The summed E-state index contributed by atoms with van der Waals surface area (Å²) in [5.41, 5.74) is 1.06. The van der Waals surface area contributed by atoms with Crippen LogP contribution < -0.4 is 10.1 Å². The first-order valence-electron chi connectivity index (χ1n) is 4.97. The van der Waals surface area contributed by atoms with Gasteiger partial charge in [0.1, 0.15) is 5.75 Å². The summed E-state index contributed by atoms with van der Waals surface area (Å²) in [7, 11) is 1.67. The predicted octanol–water partition coefficient (Wildman–Crippen LogP) is 2.60. The summed E-state index contributed by atoms with van der Waals surface area (Å²) < 4.78 is 5.10. The summed E-state index contributed by atoms with van der Waals surface area (Å²) in [4.78, 5) is 4.40. The first-order chi connectivity index (χ1) is 7.38. The number of hydrogen-bond donors (Lipinski definition) is 1. The summed E-state index contributed by atoms with van der Waals surface area (Å²) in [5, 5.41) is 4.31. The van der Waals surface area contributed by atoms with Gasteiger partial charge >= 0.3 is 0 Å². The average molecular weight is 222 g/mol. The number of rotatable bonds is 2. The molecule has 3 nitrogen and oxygen atoms in total. The third kappa shape index (κ3) is 2.89. The van der Waals surface area contributed by atoms with Gasteiger partial charge in [0.25, 0.3) is 0 Å². The molecule has 0 aliphatic carbocycles. The summed E-state index contributed by atoms with van der Waals surface area (Å²) in [6.45, 7) is 0.936. The first kappa shape index (κ1) is 10.4. The Morgan fingerprint density at radius 1 is 1.33 bits per heavy atom. The number of hydrogen-bond acceptors (Lipinski definition) is 4. The van der Waals surface area contributed by atoms with Crippen molar-refractivity contribution in [3.63, 3.8) is 0 Å². The highest BCUT2D eigenvalue weighted by Crippen LogP contribution is 2.18. The molecule has 0 unspecified atom stereocenters. The third-order valence-electron chi connectivity index (χ3n) is 2.14. The van der Waals surface area contributed by atoms with Crippen molar-refractivity contribution in [2.75, 3.05) is 24.7 Å². The van der Waals surface area contributed by atoms with Gasteiger partial charge in [-0.2, -0.15) is 0 Å². The van der Waals surface area contributed by atoms with Crippen LogP contribution in [0.1, 0.15) is 6.42 Å². The Morgan fingerprint density at radius 2 is 2.13 bits per heavy atom. The molecule has 0 bridgehead atoms. The van der Waals surface area contributed by atoms with Crippen LogP contribution in [-0.4, -0.2) is 24.6 Å². The van der Waals surface area contributed by atoms with E-state index in [1.54, 1.807) is 18.9 Å². The molecule has 0 aromatic heterocycles. The second kappa shape index (κ2) is 5.07. The molecule has 0 radical (unpaired) electrons. The van der Waals surface area contributed by atoms with Crippen LogP contribution in [0.2, 0.25) is 0 Å². The number of nitrogens with one attached hydrogen (secondary N) is 1. The number of anilines is 1. The van der Waals surface area contributed by atoms with Crippen molar-refractivity contribution in [3.05, 3.63) is 24.3 Å². The maximum atomic E-state index is 5.10. The monoisotopic (exact) mass is 222 g/mol. The lowest BCUT2D eigenvalue weighted by Gasteiger charge is -2.13. The molecule has 1 heterocycles. The maximum Gasteiger partial charge on any atom is 0.161 e. The molecule has 80 valence electrons. The molecule has 1 aliphatic heterocycles. The number of methoxy groups -OCH3 is 1. The number of ether oxygens (including phenoxy) is 1. The van der Waals surface area contributed by atoms with E-state index in [2.05, 4.69) is 10.3 Å². The maximum absolute atomic E-state index is 5.10. The fraction of sp³-hybridized carbons (Fsp3) is 0.364. The Kier molecular flexibility index (Phi) is 3.50. The molecule has 15 heavy (non-hydrogen) atoms. The summed E-state index contributed by atoms with van der Waals surface area (Å²) >= 11 is 1.78. The predicted molar refractivity (Wildman–Crippen MR) is 66.0 cm³/mol. The molecule has 1 N–H and O–H groups in total. The molecule has 4 heteroatoms. The zero-order valence-corrected chi connectivity index (χ0v) is 9.51. The molecular weight excluding hydrogens is 208 g/mol. The molecule has 2 rings (SSSR count). The minimum atomic E-state index is 0.874. The van der Waals surface area contributed by atoms with E-state index in [4.69, 9.17) is 4.74 Å². The fourth-order valence-electron chi connectivity index (χ4n) is 1.33. The number of thioether (sulfide) groups is 1. The lowest BCUT2D eigenvalue weighted by atomic mass is 10.3. The van der Waals surface area contributed by atoms with Crippen LogP contribution in [0.5, 0.6) is 5.75 Å². The molecular formula is C11H14N2OS. The van der Waals surface area contributed by atoms with Crippen LogP contribution in [0.15, 0.2) is 29.3 Å². The van der Waals surface area contributed by atoms with Crippen molar-refractivity contribution in [1.82, 2.24) is 0 Å². The van der Waals surface area contributed by atoms with Crippen molar-refractivity contribution in [2.45, 2.75) is 6.42 Å². The highest BCUT2D eigenvalue weighted by molar-refractivity contribution is 8.14. The van der Waals surface area contributed by atoms with Crippen molar-refractivity contribution in [3.8, 4) is 5.75 Å². The van der Waals surface area contributed by atoms with E-state index < -0.39 is 0 Å². The molecule has 0 atom stereocenters. The van der Waals surface area contributed by atoms with Crippen LogP contribution in [0, 0.1) is 0 Å². The van der Waals surface area contributed by atoms with Crippen molar-refractivity contribution >= 4 is 22.6 Å². The number of aliphatic imine (C=N–C) groups is 1. The molecule has 1 aromatic rings. The van der Waals surface area contributed by atoms with Crippen molar-refractivity contribution in [2.24, 2.45) is 4.99 Å². The molecule has 0 spiro atoms. The Morgan fingerprint density at radius 3 is 2.73 bits per heavy atom. The Labute approximate surface area is 93.9 Å². The topological polar surface area (TPSA) is 33.6 Å². The third-order valence-corrected chi connectivity index (χ3v) is 3.14. The molecule has 0 fully saturated rings. The number of benzene rings is 1. The van der Waals surface area contributed by atoms with Crippen molar-refractivity contribution < 1.29 is 4.74 Å². The highest BCUT2D eigenvalue weighted by Gasteiger charge is 2.05. The van der Waals surface area contributed by atoms with Gasteiger partial charge in [-0.1, -0.05) is 11.8 Å². The van der Waals surface area contributed by atoms with Gasteiger partial charge in [-0.15, -0.1) is 0 Å². The minimum Gasteiger partial charge on any atom is -0.497 e. The summed E-state index contributed by atoms with van der Waals surface area (Å²) in [6.07, 6.45) is 1.18. The molecule has 0 saturated heterocycles. The van der Waals surface area contributed by atoms with E-state index in [1.165, 1.54) is 6.42 Å². The SMILES string of the molecule is COc1ccc(NC2=NCCCS2)cc1. The molecule has 1 aromatic carbocycles. The number of nitrogens with zero attached hydrogens (tertiary/aromatic N) is 1. The average Bonchev–Trinajstić information content (AvgIpc) is 2.31. The van der Waals surface area contributed by atoms with Gasteiger partial charge in [-0.25, -0.2) is 0 Å². The van der Waals surface area contributed by atoms with Gasteiger partial charge in [-0.3, -0.25) is 4.99 Å². The smallest absolute Gasteiger partial charge is 0.161 e. The van der Waals surface area contributed by atoms with E-state index >= 15 is 0 Å².